The average Bonchev–Trinajstić information content (AvgIpc) is 3.42. The number of likely N-dealkylation sites (tertiary alicyclic amines) is 1. The second-order valence-corrected chi connectivity index (χ2v) is 8.01. The third kappa shape index (κ3) is 2.64. The number of fused-ring (bicyclic) bond motifs is 2. The van der Waals surface area contributed by atoms with Crippen molar-refractivity contribution in [2.75, 3.05) is 13.1 Å². The number of rotatable bonds is 4. The van der Waals surface area contributed by atoms with E-state index in [4.69, 9.17) is 0 Å². The molecule has 134 valence electrons. The Balaban J connectivity index is 1.42. The molecule has 0 unspecified atom stereocenters. The summed E-state index contributed by atoms with van der Waals surface area (Å²) in [5.41, 5.74) is 4.44. The molecule has 1 atom stereocenters. The molecule has 1 saturated heterocycles. The highest BCUT2D eigenvalue weighted by atomic mass is 32.1. The minimum absolute atomic E-state index is 0.0852. The van der Waals surface area contributed by atoms with Gasteiger partial charge in [0.25, 0.3) is 5.91 Å². The van der Waals surface area contributed by atoms with Gasteiger partial charge in [-0.1, -0.05) is 24.3 Å². The first kappa shape index (κ1) is 16.0. The number of imidazole rings is 1. The molecule has 3 heterocycles. The van der Waals surface area contributed by atoms with E-state index >= 15 is 0 Å². The van der Waals surface area contributed by atoms with Gasteiger partial charge in [0.15, 0.2) is 10.7 Å². The third-order valence-electron chi connectivity index (χ3n) is 5.61. The van der Waals surface area contributed by atoms with E-state index in [2.05, 4.69) is 39.0 Å². The first-order valence-corrected chi connectivity index (χ1v) is 10.2. The second-order valence-electron chi connectivity index (χ2n) is 7.13. The molecule has 2 aliphatic rings. The van der Waals surface area contributed by atoms with Gasteiger partial charge in [0.1, 0.15) is 0 Å². The summed E-state index contributed by atoms with van der Waals surface area (Å²) >= 11 is 1.58. The third-order valence-corrected chi connectivity index (χ3v) is 6.36. The average molecular weight is 366 g/mol. The molecule has 5 nitrogen and oxygen atoms in total. The lowest BCUT2D eigenvalue weighted by atomic mass is 10.1. The summed E-state index contributed by atoms with van der Waals surface area (Å²) in [6.45, 7) is 2.37. The molecule has 6 heteroatoms. The van der Waals surface area contributed by atoms with Crippen LogP contribution in [0.3, 0.4) is 0 Å². The van der Waals surface area contributed by atoms with E-state index < -0.39 is 0 Å². The quantitative estimate of drug-likeness (QED) is 0.770. The number of hydrogen-bond donors (Lipinski definition) is 1. The molecule has 1 N–H and O–H groups in total. The minimum atomic E-state index is 0.0852. The molecule has 1 aromatic carbocycles. The first-order chi connectivity index (χ1) is 12.8. The van der Waals surface area contributed by atoms with Gasteiger partial charge in [0, 0.05) is 37.3 Å². The zero-order valence-electron chi connectivity index (χ0n) is 14.6. The smallest absolute Gasteiger partial charge is 0.274 e. The zero-order valence-corrected chi connectivity index (χ0v) is 15.5. The number of nitrogens with zero attached hydrogens (tertiary/aromatic N) is 3. The van der Waals surface area contributed by atoms with Gasteiger partial charge in [-0.05, 0) is 36.8 Å². The fourth-order valence-corrected chi connectivity index (χ4v) is 4.96. The van der Waals surface area contributed by atoms with Gasteiger partial charge in [-0.25, -0.2) is 4.98 Å². The van der Waals surface area contributed by atoms with Crippen molar-refractivity contribution in [3.63, 3.8) is 0 Å². The van der Waals surface area contributed by atoms with E-state index in [0.717, 1.165) is 49.4 Å². The Hall–Kier alpha value is -2.18. The van der Waals surface area contributed by atoms with Crippen LogP contribution in [0.2, 0.25) is 0 Å². The fraction of sp³-hybridized carbons (Fsp3) is 0.400. The van der Waals surface area contributed by atoms with Crippen LogP contribution in [-0.2, 0) is 13.0 Å². The Morgan fingerprint density at radius 2 is 2.12 bits per heavy atom. The summed E-state index contributed by atoms with van der Waals surface area (Å²) in [6, 6.07) is 9.00. The van der Waals surface area contributed by atoms with Gasteiger partial charge in [0.2, 0.25) is 0 Å². The van der Waals surface area contributed by atoms with Crippen molar-refractivity contribution in [3.8, 4) is 0 Å². The van der Waals surface area contributed by atoms with Gasteiger partial charge in [-0.15, -0.1) is 11.3 Å². The molecule has 1 aliphatic heterocycles. The fourth-order valence-electron chi connectivity index (χ4n) is 4.23. The first-order valence-electron chi connectivity index (χ1n) is 9.36. The maximum atomic E-state index is 13.0. The molecule has 2 aromatic heterocycles. The minimum Gasteiger partial charge on any atom is -0.337 e. The lowest BCUT2D eigenvalue weighted by Gasteiger charge is -2.17. The molecular formula is C20H22N4OS. The van der Waals surface area contributed by atoms with Crippen LogP contribution in [0.25, 0.3) is 4.96 Å². The van der Waals surface area contributed by atoms with Crippen molar-refractivity contribution in [1.82, 2.24) is 19.6 Å². The zero-order chi connectivity index (χ0) is 17.5. The molecule has 0 spiro atoms. The van der Waals surface area contributed by atoms with Crippen LogP contribution < -0.4 is 5.32 Å². The molecule has 5 rings (SSSR count). The van der Waals surface area contributed by atoms with Crippen molar-refractivity contribution in [2.45, 2.75) is 38.3 Å². The van der Waals surface area contributed by atoms with Gasteiger partial charge in [-0.3, -0.25) is 9.20 Å². The Bertz CT molecular complexity index is 954. The van der Waals surface area contributed by atoms with E-state index in [1.165, 1.54) is 11.1 Å². The Kier molecular flexibility index (Phi) is 4.02. The van der Waals surface area contributed by atoms with E-state index in [1.807, 2.05) is 16.5 Å². The van der Waals surface area contributed by atoms with Crippen LogP contribution in [0.5, 0.6) is 0 Å². The standard InChI is InChI=1S/C20H22N4OS/c25-19(23-9-3-4-10-23)18-17(24-11-12-26-20(24)22-18)13-21-16-8-7-14-5-1-2-6-15(14)16/h1-2,5-6,11-12,16,21H,3-4,7-10,13H2/t16-/m0/s1. The van der Waals surface area contributed by atoms with Gasteiger partial charge < -0.3 is 10.2 Å². The highest BCUT2D eigenvalue weighted by Crippen LogP contribution is 2.31. The summed E-state index contributed by atoms with van der Waals surface area (Å²) in [6.07, 6.45) is 6.45. The van der Waals surface area contributed by atoms with Gasteiger partial charge in [0.05, 0.1) is 5.69 Å². The molecule has 0 bridgehead atoms. The molecule has 1 aliphatic carbocycles. The van der Waals surface area contributed by atoms with Crippen molar-refractivity contribution < 1.29 is 4.79 Å². The highest BCUT2D eigenvalue weighted by Gasteiger charge is 2.27. The monoisotopic (exact) mass is 366 g/mol. The molecule has 1 fully saturated rings. The molecule has 1 amide bonds. The Labute approximate surface area is 156 Å². The number of benzene rings is 1. The van der Waals surface area contributed by atoms with Crippen molar-refractivity contribution in [1.29, 1.82) is 0 Å². The van der Waals surface area contributed by atoms with Crippen molar-refractivity contribution >= 4 is 22.2 Å². The van der Waals surface area contributed by atoms with Crippen molar-refractivity contribution in [2.24, 2.45) is 0 Å². The largest absolute Gasteiger partial charge is 0.337 e. The summed E-state index contributed by atoms with van der Waals surface area (Å²) < 4.78 is 2.07. The second kappa shape index (κ2) is 6.52. The number of aromatic nitrogens is 2. The normalized spacial score (nSPS) is 19.4. The molecule has 0 radical (unpaired) electrons. The predicted molar refractivity (Wildman–Crippen MR) is 103 cm³/mol. The van der Waals surface area contributed by atoms with Gasteiger partial charge in [-0.2, -0.15) is 0 Å². The number of nitrogens with one attached hydrogen (secondary N) is 1. The number of amides is 1. The number of carbonyl (C=O) groups excluding carboxylic acids is 1. The highest BCUT2D eigenvalue weighted by molar-refractivity contribution is 7.15. The van der Waals surface area contributed by atoms with E-state index in [9.17, 15) is 4.79 Å². The van der Waals surface area contributed by atoms with Gasteiger partial charge >= 0.3 is 0 Å². The van der Waals surface area contributed by atoms with Crippen LogP contribution in [0.4, 0.5) is 0 Å². The molecule has 26 heavy (non-hydrogen) atoms. The lowest BCUT2D eigenvalue weighted by Crippen LogP contribution is -2.30. The number of hydrogen-bond acceptors (Lipinski definition) is 4. The SMILES string of the molecule is O=C(c1nc2sccn2c1CN[C@H]1CCc2ccccc21)N1CCCC1. The Morgan fingerprint density at radius 1 is 1.27 bits per heavy atom. The van der Waals surface area contributed by atoms with Crippen LogP contribution in [-0.4, -0.2) is 33.3 Å². The van der Waals surface area contributed by atoms with Crippen molar-refractivity contribution in [3.05, 3.63) is 58.4 Å². The molecule has 3 aromatic rings. The predicted octanol–water partition coefficient (Wildman–Crippen LogP) is 3.41. The summed E-state index contributed by atoms with van der Waals surface area (Å²) in [7, 11) is 0. The Morgan fingerprint density at radius 3 is 3.00 bits per heavy atom. The summed E-state index contributed by atoms with van der Waals surface area (Å²) in [4.78, 5) is 20.5. The molecule has 0 saturated carbocycles. The lowest BCUT2D eigenvalue weighted by molar-refractivity contribution is 0.0786. The van der Waals surface area contributed by atoms with E-state index in [1.54, 1.807) is 11.3 Å². The van der Waals surface area contributed by atoms with Crippen LogP contribution in [0.15, 0.2) is 35.8 Å². The molecular weight excluding hydrogens is 344 g/mol. The number of carbonyl (C=O) groups is 1. The number of thiazole rings is 1. The van der Waals surface area contributed by atoms with Crippen LogP contribution >= 0.6 is 11.3 Å². The maximum Gasteiger partial charge on any atom is 0.274 e. The van der Waals surface area contributed by atoms with E-state index in [-0.39, 0.29) is 5.91 Å². The van der Waals surface area contributed by atoms with E-state index in [0.29, 0.717) is 18.3 Å². The topological polar surface area (TPSA) is 49.6 Å². The maximum absolute atomic E-state index is 13.0. The van der Waals surface area contributed by atoms with Crippen LogP contribution in [0.1, 0.15) is 52.6 Å². The van der Waals surface area contributed by atoms with Crippen LogP contribution in [0, 0.1) is 0 Å². The summed E-state index contributed by atoms with van der Waals surface area (Å²) in [5, 5.41) is 5.71. The number of aryl methyl sites for hydroxylation is 1. The summed E-state index contributed by atoms with van der Waals surface area (Å²) in [5.74, 6) is 0.0852.